The number of anilines is 1. The van der Waals surface area contributed by atoms with Crippen molar-refractivity contribution in [1.82, 2.24) is 5.32 Å². The van der Waals surface area contributed by atoms with E-state index in [0.29, 0.717) is 23.4 Å². The second-order valence-electron chi connectivity index (χ2n) is 7.17. The molecule has 0 aliphatic rings. The molecule has 0 spiro atoms. The number of alkyl halides is 3. The lowest BCUT2D eigenvalue weighted by atomic mass is 10.1. The number of phenolic OH excluding ortho intramolecular Hbond substituents is 1. The molecule has 0 aromatic heterocycles. The van der Waals surface area contributed by atoms with Crippen molar-refractivity contribution in [2.45, 2.75) is 25.7 Å². The number of methoxy groups -OCH3 is 1. The minimum atomic E-state index is -4.42. The van der Waals surface area contributed by atoms with Gasteiger partial charge < -0.3 is 20.5 Å². The molecule has 3 aromatic carbocycles. The number of hydrogen-bond acceptors (Lipinski definition) is 4. The molecule has 5 nitrogen and oxygen atoms in total. The zero-order chi connectivity index (χ0) is 23.1. The van der Waals surface area contributed by atoms with Gasteiger partial charge in [-0.25, -0.2) is 0 Å². The van der Waals surface area contributed by atoms with Crippen molar-refractivity contribution in [3.05, 3.63) is 89.0 Å². The smallest absolute Gasteiger partial charge is 0.416 e. The van der Waals surface area contributed by atoms with E-state index in [1.165, 1.54) is 19.2 Å². The third-order valence-corrected chi connectivity index (χ3v) is 4.85. The average molecular weight is 444 g/mol. The van der Waals surface area contributed by atoms with Gasteiger partial charge in [-0.2, -0.15) is 13.2 Å². The highest BCUT2D eigenvalue weighted by atomic mass is 19.4. The third kappa shape index (κ3) is 6.16. The highest BCUT2D eigenvalue weighted by molar-refractivity contribution is 5.78. The monoisotopic (exact) mass is 444 g/mol. The molecule has 0 aliphatic heterocycles. The topological polar surface area (TPSA) is 70.6 Å². The Kier molecular flexibility index (Phi) is 7.25. The maximum absolute atomic E-state index is 12.8. The number of aromatic hydroxyl groups is 1. The highest BCUT2D eigenvalue weighted by Crippen LogP contribution is 2.30. The number of carbonyl (C=O) groups is 1. The average Bonchev–Trinajstić information content (AvgIpc) is 2.77. The molecule has 0 radical (unpaired) electrons. The lowest BCUT2D eigenvalue weighted by Gasteiger charge is -2.11. The van der Waals surface area contributed by atoms with Crippen molar-refractivity contribution in [1.29, 1.82) is 0 Å². The third-order valence-electron chi connectivity index (χ3n) is 4.85. The largest absolute Gasteiger partial charge is 0.504 e. The number of benzene rings is 3. The van der Waals surface area contributed by atoms with Gasteiger partial charge in [-0.3, -0.25) is 4.79 Å². The summed E-state index contributed by atoms with van der Waals surface area (Å²) in [5.74, 6) is 0.191. The zero-order valence-electron chi connectivity index (χ0n) is 17.4. The molecule has 0 atom stereocenters. The van der Waals surface area contributed by atoms with E-state index >= 15 is 0 Å². The Morgan fingerprint density at radius 3 is 2.38 bits per heavy atom. The molecule has 32 heavy (non-hydrogen) atoms. The Morgan fingerprint density at radius 1 is 0.969 bits per heavy atom. The maximum Gasteiger partial charge on any atom is 0.416 e. The van der Waals surface area contributed by atoms with Crippen molar-refractivity contribution in [2.24, 2.45) is 0 Å². The summed E-state index contributed by atoms with van der Waals surface area (Å²) in [6.45, 7) is 0.409. The second kappa shape index (κ2) is 10.1. The lowest BCUT2D eigenvalue weighted by molar-refractivity contribution is -0.137. The molecular formula is C24H23F3N2O3. The predicted octanol–water partition coefficient (Wildman–Crippen LogP) is 4.89. The van der Waals surface area contributed by atoms with E-state index in [1.807, 2.05) is 12.1 Å². The van der Waals surface area contributed by atoms with Crippen LogP contribution in [0.15, 0.2) is 66.7 Å². The standard InChI is InChI=1S/C24H23F3N2O3/c1-32-21-7-3-5-18(23(21)31)15-28-20-10-8-16(9-11-20)13-22(30)29-14-17-4-2-6-19(12-17)24(25,26)27/h2-12,28,31H,13-15H2,1H3,(H,29,30). The summed E-state index contributed by atoms with van der Waals surface area (Å²) in [6.07, 6.45) is -4.31. The first-order valence-corrected chi connectivity index (χ1v) is 9.87. The molecule has 0 heterocycles. The van der Waals surface area contributed by atoms with Crippen LogP contribution in [0.2, 0.25) is 0 Å². The molecule has 0 aliphatic carbocycles. The Hall–Kier alpha value is -3.68. The van der Waals surface area contributed by atoms with E-state index in [4.69, 9.17) is 4.74 Å². The van der Waals surface area contributed by atoms with Crippen LogP contribution in [0.3, 0.4) is 0 Å². The number of carbonyl (C=O) groups excluding carboxylic acids is 1. The van der Waals surface area contributed by atoms with E-state index in [9.17, 15) is 23.1 Å². The van der Waals surface area contributed by atoms with E-state index in [-0.39, 0.29) is 24.6 Å². The minimum Gasteiger partial charge on any atom is -0.504 e. The van der Waals surface area contributed by atoms with Gasteiger partial charge in [0.15, 0.2) is 11.5 Å². The van der Waals surface area contributed by atoms with Gasteiger partial charge in [-0.15, -0.1) is 0 Å². The number of nitrogens with one attached hydrogen (secondary N) is 2. The first-order valence-electron chi connectivity index (χ1n) is 9.87. The summed E-state index contributed by atoms with van der Waals surface area (Å²) in [5, 5.41) is 16.0. The first kappa shape index (κ1) is 23.0. The van der Waals surface area contributed by atoms with Gasteiger partial charge in [0.25, 0.3) is 0 Å². The van der Waals surface area contributed by atoms with Crippen molar-refractivity contribution >= 4 is 11.6 Å². The lowest BCUT2D eigenvalue weighted by Crippen LogP contribution is -2.24. The number of amides is 1. The van der Waals surface area contributed by atoms with E-state index in [2.05, 4.69) is 10.6 Å². The molecule has 8 heteroatoms. The van der Waals surface area contributed by atoms with Gasteiger partial charge in [0.1, 0.15) is 0 Å². The molecule has 0 saturated heterocycles. The van der Waals surface area contributed by atoms with Crippen molar-refractivity contribution in [3.63, 3.8) is 0 Å². The SMILES string of the molecule is COc1cccc(CNc2ccc(CC(=O)NCc3cccc(C(F)(F)F)c3)cc2)c1O. The predicted molar refractivity (Wildman–Crippen MR) is 115 cm³/mol. The molecule has 3 rings (SSSR count). The Bertz CT molecular complexity index is 1070. The fourth-order valence-electron chi connectivity index (χ4n) is 3.12. The van der Waals surface area contributed by atoms with E-state index in [1.54, 1.807) is 30.3 Å². The molecule has 0 saturated carbocycles. The minimum absolute atomic E-state index is 0.0203. The number of phenols is 1. The fraction of sp³-hybridized carbons (Fsp3) is 0.208. The molecule has 0 bridgehead atoms. The van der Waals surface area contributed by atoms with Crippen LogP contribution in [0.25, 0.3) is 0 Å². The summed E-state index contributed by atoms with van der Waals surface area (Å²) in [4.78, 5) is 12.2. The molecule has 1 amide bonds. The number of rotatable bonds is 8. The summed E-state index contributed by atoms with van der Waals surface area (Å²) in [7, 11) is 1.49. The van der Waals surface area contributed by atoms with Crippen LogP contribution in [-0.4, -0.2) is 18.1 Å². The van der Waals surface area contributed by atoms with Crippen LogP contribution >= 0.6 is 0 Å². The summed E-state index contributed by atoms with van der Waals surface area (Å²) >= 11 is 0. The zero-order valence-corrected chi connectivity index (χ0v) is 17.4. The number of ether oxygens (including phenoxy) is 1. The maximum atomic E-state index is 12.8. The Morgan fingerprint density at radius 2 is 1.69 bits per heavy atom. The van der Waals surface area contributed by atoms with Crippen LogP contribution in [0.4, 0.5) is 18.9 Å². The van der Waals surface area contributed by atoms with Gasteiger partial charge in [0.05, 0.1) is 19.1 Å². The Labute approximate surface area is 183 Å². The molecule has 0 unspecified atom stereocenters. The van der Waals surface area contributed by atoms with Gasteiger partial charge in [-0.1, -0.05) is 36.4 Å². The van der Waals surface area contributed by atoms with Crippen LogP contribution in [0.5, 0.6) is 11.5 Å². The van der Waals surface area contributed by atoms with Crippen molar-refractivity contribution in [3.8, 4) is 11.5 Å². The molecule has 3 N–H and O–H groups in total. The Balaban J connectivity index is 1.51. The first-order chi connectivity index (χ1) is 15.3. The summed E-state index contributed by atoms with van der Waals surface area (Å²) < 4.78 is 43.4. The van der Waals surface area contributed by atoms with Gasteiger partial charge in [-0.05, 0) is 41.5 Å². The molecule has 3 aromatic rings. The van der Waals surface area contributed by atoms with Crippen molar-refractivity contribution < 1.29 is 27.8 Å². The van der Waals surface area contributed by atoms with Crippen LogP contribution in [-0.2, 0) is 30.5 Å². The number of hydrogen-bond donors (Lipinski definition) is 3. The highest BCUT2D eigenvalue weighted by Gasteiger charge is 2.30. The fourth-order valence-corrected chi connectivity index (χ4v) is 3.12. The quantitative estimate of drug-likeness (QED) is 0.463. The van der Waals surface area contributed by atoms with Gasteiger partial charge in [0.2, 0.25) is 5.91 Å². The molecular weight excluding hydrogens is 421 g/mol. The molecule has 168 valence electrons. The van der Waals surface area contributed by atoms with E-state index < -0.39 is 11.7 Å². The van der Waals surface area contributed by atoms with E-state index in [0.717, 1.165) is 23.4 Å². The van der Waals surface area contributed by atoms with Gasteiger partial charge >= 0.3 is 6.18 Å². The van der Waals surface area contributed by atoms with Crippen LogP contribution in [0, 0.1) is 0 Å². The number of halogens is 3. The second-order valence-corrected chi connectivity index (χ2v) is 7.17. The van der Waals surface area contributed by atoms with Crippen LogP contribution < -0.4 is 15.4 Å². The molecule has 0 fully saturated rings. The van der Waals surface area contributed by atoms with Crippen LogP contribution in [0.1, 0.15) is 22.3 Å². The summed E-state index contributed by atoms with van der Waals surface area (Å²) in [5.41, 5.74) is 1.90. The summed E-state index contributed by atoms with van der Waals surface area (Å²) in [6, 6.07) is 17.3. The van der Waals surface area contributed by atoms with Gasteiger partial charge in [0, 0.05) is 24.3 Å². The number of para-hydroxylation sites is 1. The van der Waals surface area contributed by atoms with Crippen molar-refractivity contribution in [2.75, 3.05) is 12.4 Å². The normalized spacial score (nSPS) is 11.1.